The Morgan fingerprint density at radius 1 is 1.32 bits per heavy atom. The molecule has 28 heavy (non-hydrogen) atoms. The number of aromatic nitrogens is 4. The van der Waals surface area contributed by atoms with E-state index in [0.29, 0.717) is 31.6 Å². The van der Waals surface area contributed by atoms with Gasteiger partial charge in [0.25, 0.3) is 0 Å². The molecule has 0 radical (unpaired) electrons. The van der Waals surface area contributed by atoms with Gasteiger partial charge in [0.05, 0.1) is 0 Å². The zero-order chi connectivity index (χ0) is 20.5. The molecule has 1 unspecified atom stereocenters. The Morgan fingerprint density at radius 2 is 2.07 bits per heavy atom. The van der Waals surface area contributed by atoms with Gasteiger partial charge in [-0.15, -0.1) is 0 Å². The van der Waals surface area contributed by atoms with Gasteiger partial charge in [-0.25, -0.2) is 15.0 Å². The molecule has 1 atom stereocenters. The number of rotatable bonds is 5. The molecule has 1 aliphatic rings. The second kappa shape index (κ2) is 7.89. The molecule has 9 heteroatoms. The van der Waals surface area contributed by atoms with Gasteiger partial charge in [-0.05, 0) is 18.9 Å². The van der Waals surface area contributed by atoms with Gasteiger partial charge in [0.1, 0.15) is 23.9 Å². The van der Waals surface area contributed by atoms with Gasteiger partial charge in [0, 0.05) is 43.0 Å². The molecule has 0 saturated carbocycles. The first kappa shape index (κ1) is 20.3. The fourth-order valence-electron chi connectivity index (χ4n) is 3.43. The van der Waals surface area contributed by atoms with Crippen LogP contribution in [0.5, 0.6) is 0 Å². The Labute approximate surface area is 161 Å². The summed E-state index contributed by atoms with van der Waals surface area (Å²) in [5.41, 5.74) is -0.554. The smallest absolute Gasteiger partial charge is 0.340 e. The minimum atomic E-state index is -4.51. The number of hydrogen-bond donors (Lipinski definition) is 0. The molecule has 0 spiro atoms. The maximum Gasteiger partial charge on any atom is 0.433 e. The van der Waals surface area contributed by atoms with Gasteiger partial charge in [-0.2, -0.15) is 13.2 Å². The number of alkyl halides is 3. The van der Waals surface area contributed by atoms with Gasteiger partial charge in [-0.1, -0.05) is 20.8 Å². The number of carbonyl (C=O) groups is 1. The van der Waals surface area contributed by atoms with Gasteiger partial charge in [-0.3, -0.25) is 4.79 Å². The van der Waals surface area contributed by atoms with Crippen molar-refractivity contribution in [1.29, 1.82) is 0 Å². The lowest BCUT2D eigenvalue weighted by Gasteiger charge is -2.18. The zero-order valence-electron chi connectivity index (χ0n) is 16.2. The highest BCUT2D eigenvalue weighted by molar-refractivity contribution is 5.76. The van der Waals surface area contributed by atoms with Crippen LogP contribution in [0.3, 0.4) is 0 Å². The van der Waals surface area contributed by atoms with Gasteiger partial charge in [0.2, 0.25) is 5.91 Å². The van der Waals surface area contributed by atoms with Crippen molar-refractivity contribution in [2.75, 3.05) is 13.1 Å². The molecule has 1 amide bonds. The minimum absolute atomic E-state index is 0.0786. The summed E-state index contributed by atoms with van der Waals surface area (Å²) in [6.07, 6.45) is -0.128. The van der Waals surface area contributed by atoms with E-state index in [0.717, 1.165) is 11.9 Å². The molecule has 2 aromatic heterocycles. The van der Waals surface area contributed by atoms with Crippen molar-refractivity contribution in [2.24, 2.45) is 0 Å². The first-order valence-electron chi connectivity index (χ1n) is 9.42. The second-order valence-corrected chi connectivity index (χ2v) is 7.35. The molecule has 3 rings (SSSR count). The van der Waals surface area contributed by atoms with Crippen LogP contribution in [-0.4, -0.2) is 43.4 Å². The lowest BCUT2D eigenvalue weighted by atomic mass is 10.1. The van der Waals surface area contributed by atoms with Crippen LogP contribution in [0.2, 0.25) is 0 Å². The van der Waals surface area contributed by atoms with Crippen LogP contribution in [0.1, 0.15) is 62.1 Å². The number of hydrogen-bond acceptors (Lipinski definition) is 4. The Bertz CT molecular complexity index is 846. The van der Waals surface area contributed by atoms with Crippen LogP contribution in [0.15, 0.2) is 18.5 Å². The lowest BCUT2D eigenvalue weighted by molar-refractivity contribution is -0.141. The topological polar surface area (TPSA) is 63.9 Å². The third-order valence-electron chi connectivity index (χ3n) is 4.92. The monoisotopic (exact) mass is 395 g/mol. The number of nitrogens with zero attached hydrogens (tertiary/aromatic N) is 5. The summed E-state index contributed by atoms with van der Waals surface area (Å²) in [7, 11) is 0. The van der Waals surface area contributed by atoms with Gasteiger partial charge in [0.15, 0.2) is 0 Å². The first-order valence-corrected chi connectivity index (χ1v) is 9.42. The molecule has 6 nitrogen and oxygen atoms in total. The summed E-state index contributed by atoms with van der Waals surface area (Å²) in [5.74, 6) is 0.833. The first-order chi connectivity index (χ1) is 13.2. The van der Waals surface area contributed by atoms with E-state index < -0.39 is 11.9 Å². The molecule has 1 fully saturated rings. The molecule has 1 aliphatic heterocycles. The van der Waals surface area contributed by atoms with E-state index >= 15 is 0 Å². The van der Waals surface area contributed by atoms with Crippen LogP contribution >= 0.6 is 0 Å². The average Bonchev–Trinajstić information content (AvgIpc) is 3.30. The van der Waals surface area contributed by atoms with Crippen molar-refractivity contribution >= 4 is 5.91 Å². The number of imidazole rings is 1. The van der Waals surface area contributed by atoms with E-state index in [1.165, 1.54) is 0 Å². The summed E-state index contributed by atoms with van der Waals surface area (Å²) < 4.78 is 41.2. The summed E-state index contributed by atoms with van der Waals surface area (Å²) in [6, 6.07) is 0.994. The highest BCUT2D eigenvalue weighted by Crippen LogP contribution is 2.31. The summed E-state index contributed by atoms with van der Waals surface area (Å²) in [6.45, 7) is 6.75. The average molecular weight is 395 g/mol. The van der Waals surface area contributed by atoms with E-state index in [1.807, 2.05) is 18.4 Å². The fraction of sp³-hybridized carbons (Fsp3) is 0.579. The normalized spacial score (nSPS) is 17.5. The number of aryl methyl sites for hydroxylation is 1. The number of carbonyl (C=O) groups excluding carboxylic acids is 1. The highest BCUT2D eigenvalue weighted by Gasteiger charge is 2.36. The number of halogens is 3. The number of likely N-dealkylation sites (tertiary alicyclic amines) is 1. The quantitative estimate of drug-likeness (QED) is 0.779. The van der Waals surface area contributed by atoms with E-state index in [4.69, 9.17) is 0 Å². The predicted octanol–water partition coefficient (Wildman–Crippen LogP) is 3.39. The Morgan fingerprint density at radius 3 is 2.71 bits per heavy atom. The van der Waals surface area contributed by atoms with Crippen molar-refractivity contribution in [3.05, 3.63) is 41.5 Å². The van der Waals surface area contributed by atoms with Crippen molar-refractivity contribution in [1.82, 2.24) is 24.4 Å². The Balaban J connectivity index is 1.73. The van der Waals surface area contributed by atoms with E-state index in [9.17, 15) is 18.0 Å². The van der Waals surface area contributed by atoms with Crippen molar-refractivity contribution in [3.63, 3.8) is 0 Å². The summed E-state index contributed by atoms with van der Waals surface area (Å²) >= 11 is 0. The van der Waals surface area contributed by atoms with Crippen LogP contribution in [0.4, 0.5) is 13.2 Å². The molecule has 0 bridgehead atoms. The second-order valence-electron chi connectivity index (χ2n) is 7.35. The third-order valence-corrected chi connectivity index (χ3v) is 4.92. The van der Waals surface area contributed by atoms with Crippen molar-refractivity contribution in [2.45, 2.75) is 58.2 Å². The van der Waals surface area contributed by atoms with Crippen molar-refractivity contribution in [3.8, 4) is 0 Å². The molecule has 0 aromatic carbocycles. The highest BCUT2D eigenvalue weighted by atomic mass is 19.4. The van der Waals surface area contributed by atoms with Crippen LogP contribution < -0.4 is 0 Å². The maximum atomic E-state index is 13.1. The molecule has 1 saturated heterocycles. The largest absolute Gasteiger partial charge is 0.433 e. The predicted molar refractivity (Wildman–Crippen MR) is 96.7 cm³/mol. The van der Waals surface area contributed by atoms with E-state index in [2.05, 4.69) is 15.0 Å². The third kappa shape index (κ3) is 4.34. The molecular weight excluding hydrogens is 371 g/mol. The molecular formula is C19H24F3N5O. The SMILES string of the molecule is CCc1cc(C(F)(F)F)nc(C2CCN(C(=O)Cn3ccnc3C(C)C)C2)n1. The van der Waals surface area contributed by atoms with Crippen LogP contribution in [0, 0.1) is 0 Å². The fourth-order valence-corrected chi connectivity index (χ4v) is 3.43. The molecule has 2 aromatic rings. The molecule has 0 aliphatic carbocycles. The molecule has 3 heterocycles. The van der Waals surface area contributed by atoms with Gasteiger partial charge < -0.3 is 9.47 Å². The molecule has 0 N–H and O–H groups in total. The van der Waals surface area contributed by atoms with Crippen LogP contribution in [-0.2, 0) is 23.9 Å². The number of amides is 1. The summed E-state index contributed by atoms with van der Waals surface area (Å²) in [5, 5.41) is 0. The van der Waals surface area contributed by atoms with E-state index in [-0.39, 0.29) is 30.1 Å². The Hall–Kier alpha value is -2.45. The zero-order valence-corrected chi connectivity index (χ0v) is 16.2. The standard InChI is InChI=1S/C19H24F3N5O/c1-4-14-9-15(19(20,21)22)25-17(24-14)13-5-7-26(10-13)16(28)11-27-8-6-23-18(27)12(2)3/h6,8-9,12-13H,4-5,7,10-11H2,1-3H3. The van der Waals surface area contributed by atoms with Crippen LogP contribution in [0.25, 0.3) is 0 Å². The van der Waals surface area contributed by atoms with Gasteiger partial charge >= 0.3 is 6.18 Å². The van der Waals surface area contributed by atoms with Crippen molar-refractivity contribution < 1.29 is 18.0 Å². The molecule has 152 valence electrons. The maximum absolute atomic E-state index is 13.1. The lowest BCUT2D eigenvalue weighted by Crippen LogP contribution is -2.32. The Kier molecular flexibility index (Phi) is 5.71. The van der Waals surface area contributed by atoms with E-state index in [1.54, 1.807) is 24.2 Å². The summed E-state index contributed by atoms with van der Waals surface area (Å²) in [4.78, 5) is 26.7. The minimum Gasteiger partial charge on any atom is -0.340 e.